The van der Waals surface area contributed by atoms with Crippen molar-refractivity contribution in [3.8, 4) is 16.9 Å². The van der Waals surface area contributed by atoms with Gasteiger partial charge < -0.3 is 5.73 Å². The minimum atomic E-state index is 0.606. The number of rotatable bonds is 2. The van der Waals surface area contributed by atoms with Crippen LogP contribution in [0, 0.1) is 13.8 Å². The highest BCUT2D eigenvalue weighted by molar-refractivity contribution is 6.30. The van der Waals surface area contributed by atoms with E-state index in [1.54, 1.807) is 4.68 Å². The molecule has 21 heavy (non-hydrogen) atoms. The monoisotopic (exact) mass is 297 g/mol. The van der Waals surface area contributed by atoms with Crippen LogP contribution in [0.5, 0.6) is 0 Å². The first kappa shape index (κ1) is 13.7. The highest BCUT2D eigenvalue weighted by Gasteiger charge is 2.09. The third-order valence-electron chi connectivity index (χ3n) is 3.31. The van der Waals surface area contributed by atoms with Gasteiger partial charge in [-0.1, -0.05) is 29.8 Å². The molecule has 0 amide bonds. The van der Waals surface area contributed by atoms with Gasteiger partial charge >= 0.3 is 0 Å². The van der Waals surface area contributed by atoms with Crippen LogP contribution in [0.1, 0.15) is 11.1 Å². The molecule has 0 spiro atoms. The molecular weight excluding hydrogens is 282 g/mol. The predicted molar refractivity (Wildman–Crippen MR) is 87.9 cm³/mol. The molecule has 1 heterocycles. The largest absolute Gasteiger partial charge is 0.384 e. The van der Waals surface area contributed by atoms with Gasteiger partial charge in [-0.05, 0) is 49.2 Å². The van der Waals surface area contributed by atoms with Crippen molar-refractivity contribution in [1.82, 2.24) is 9.78 Å². The molecule has 0 fully saturated rings. The summed E-state index contributed by atoms with van der Waals surface area (Å²) in [5, 5.41) is 5.29. The summed E-state index contributed by atoms with van der Waals surface area (Å²) in [7, 11) is 0. The van der Waals surface area contributed by atoms with Crippen LogP contribution >= 0.6 is 11.6 Å². The molecule has 2 aromatic carbocycles. The summed E-state index contributed by atoms with van der Waals surface area (Å²) in [5.41, 5.74) is 11.2. The molecule has 0 aliphatic carbocycles. The Labute approximate surface area is 129 Å². The topological polar surface area (TPSA) is 43.8 Å². The zero-order chi connectivity index (χ0) is 15.0. The van der Waals surface area contributed by atoms with E-state index in [2.05, 4.69) is 37.1 Å². The van der Waals surface area contributed by atoms with Crippen molar-refractivity contribution in [1.29, 1.82) is 0 Å². The highest BCUT2D eigenvalue weighted by Crippen LogP contribution is 2.25. The van der Waals surface area contributed by atoms with E-state index in [1.165, 1.54) is 11.1 Å². The van der Waals surface area contributed by atoms with Gasteiger partial charge in [0.1, 0.15) is 5.82 Å². The summed E-state index contributed by atoms with van der Waals surface area (Å²) in [6, 6.07) is 15.7. The third kappa shape index (κ3) is 2.78. The van der Waals surface area contributed by atoms with E-state index in [0.717, 1.165) is 16.9 Å². The fourth-order valence-electron chi connectivity index (χ4n) is 2.46. The minimum absolute atomic E-state index is 0.606. The standard InChI is InChI=1S/C17H16ClN3/c1-11-6-12(2)8-15(7-11)21-17(19)10-16(20-21)13-4-3-5-14(18)9-13/h3-10H,19H2,1-2H3. The second-order valence-electron chi connectivity index (χ2n) is 5.22. The maximum Gasteiger partial charge on any atom is 0.127 e. The molecule has 0 saturated heterocycles. The molecule has 0 atom stereocenters. The van der Waals surface area contributed by atoms with Gasteiger partial charge in [0, 0.05) is 16.7 Å². The first-order valence-electron chi connectivity index (χ1n) is 6.73. The lowest BCUT2D eigenvalue weighted by Gasteiger charge is -2.06. The zero-order valence-corrected chi connectivity index (χ0v) is 12.7. The second kappa shape index (κ2) is 5.26. The molecule has 0 unspecified atom stereocenters. The lowest BCUT2D eigenvalue weighted by atomic mass is 10.1. The molecule has 3 nitrogen and oxygen atoms in total. The van der Waals surface area contributed by atoms with Gasteiger partial charge in [-0.15, -0.1) is 0 Å². The van der Waals surface area contributed by atoms with Crippen LogP contribution in [0.25, 0.3) is 16.9 Å². The van der Waals surface area contributed by atoms with E-state index in [1.807, 2.05) is 30.3 Å². The number of benzene rings is 2. The number of anilines is 1. The number of aryl methyl sites for hydroxylation is 2. The Morgan fingerprint density at radius 1 is 1.00 bits per heavy atom. The van der Waals surface area contributed by atoms with Gasteiger partial charge in [0.2, 0.25) is 0 Å². The van der Waals surface area contributed by atoms with Crippen molar-refractivity contribution in [3.63, 3.8) is 0 Å². The van der Waals surface area contributed by atoms with Gasteiger partial charge in [0.25, 0.3) is 0 Å². The van der Waals surface area contributed by atoms with Gasteiger partial charge in [-0.25, -0.2) is 4.68 Å². The molecule has 3 aromatic rings. The second-order valence-corrected chi connectivity index (χ2v) is 5.66. The van der Waals surface area contributed by atoms with Crippen molar-refractivity contribution in [2.75, 3.05) is 5.73 Å². The Bertz CT molecular complexity index is 785. The normalized spacial score (nSPS) is 10.8. The van der Waals surface area contributed by atoms with Crippen LogP contribution in [0.15, 0.2) is 48.5 Å². The number of halogens is 1. The van der Waals surface area contributed by atoms with E-state index in [-0.39, 0.29) is 0 Å². The number of nitrogen functional groups attached to an aromatic ring is 1. The number of hydrogen-bond acceptors (Lipinski definition) is 2. The Kier molecular flexibility index (Phi) is 3.43. The minimum Gasteiger partial charge on any atom is -0.384 e. The fraction of sp³-hybridized carbons (Fsp3) is 0.118. The van der Waals surface area contributed by atoms with Gasteiger partial charge in [-0.2, -0.15) is 5.10 Å². The third-order valence-corrected chi connectivity index (χ3v) is 3.54. The molecule has 1 aromatic heterocycles. The van der Waals surface area contributed by atoms with Crippen LogP contribution in [0.4, 0.5) is 5.82 Å². The Balaban J connectivity index is 2.09. The van der Waals surface area contributed by atoms with Crippen LogP contribution < -0.4 is 5.73 Å². The van der Waals surface area contributed by atoms with E-state index in [4.69, 9.17) is 17.3 Å². The first-order valence-corrected chi connectivity index (χ1v) is 7.11. The summed E-state index contributed by atoms with van der Waals surface area (Å²) in [5.74, 6) is 0.606. The Morgan fingerprint density at radius 3 is 2.38 bits per heavy atom. The molecule has 106 valence electrons. The fourth-order valence-corrected chi connectivity index (χ4v) is 2.65. The average molecular weight is 298 g/mol. The van der Waals surface area contributed by atoms with Crippen LogP contribution in [-0.4, -0.2) is 9.78 Å². The Hall–Kier alpha value is -2.26. The van der Waals surface area contributed by atoms with Crippen molar-refractivity contribution in [2.45, 2.75) is 13.8 Å². The van der Waals surface area contributed by atoms with E-state index >= 15 is 0 Å². The van der Waals surface area contributed by atoms with Crippen LogP contribution in [0.3, 0.4) is 0 Å². The van der Waals surface area contributed by atoms with Crippen molar-refractivity contribution in [2.24, 2.45) is 0 Å². The molecule has 4 heteroatoms. The molecule has 0 bridgehead atoms. The molecule has 0 radical (unpaired) electrons. The van der Waals surface area contributed by atoms with Gasteiger partial charge in [0.15, 0.2) is 0 Å². The summed E-state index contributed by atoms with van der Waals surface area (Å²) in [4.78, 5) is 0. The SMILES string of the molecule is Cc1cc(C)cc(-n2nc(-c3cccc(Cl)c3)cc2N)c1. The maximum atomic E-state index is 6.12. The highest BCUT2D eigenvalue weighted by atomic mass is 35.5. The Morgan fingerprint density at radius 2 is 1.71 bits per heavy atom. The molecule has 3 rings (SSSR count). The molecule has 0 aliphatic heterocycles. The van der Waals surface area contributed by atoms with Crippen LogP contribution in [0.2, 0.25) is 5.02 Å². The number of aromatic nitrogens is 2. The molecule has 0 saturated carbocycles. The average Bonchev–Trinajstić information content (AvgIpc) is 2.80. The van der Waals surface area contributed by atoms with Crippen LogP contribution in [-0.2, 0) is 0 Å². The van der Waals surface area contributed by atoms with Gasteiger partial charge in [0.05, 0.1) is 11.4 Å². The van der Waals surface area contributed by atoms with Crippen molar-refractivity contribution >= 4 is 17.4 Å². The number of hydrogen-bond donors (Lipinski definition) is 1. The quantitative estimate of drug-likeness (QED) is 0.762. The zero-order valence-electron chi connectivity index (χ0n) is 12.0. The van der Waals surface area contributed by atoms with Crippen molar-refractivity contribution in [3.05, 3.63) is 64.7 Å². The summed E-state index contributed by atoms with van der Waals surface area (Å²) in [6.45, 7) is 4.13. The summed E-state index contributed by atoms with van der Waals surface area (Å²) in [6.07, 6.45) is 0. The maximum absolute atomic E-state index is 6.12. The lowest BCUT2D eigenvalue weighted by Crippen LogP contribution is -2.02. The van der Waals surface area contributed by atoms with E-state index in [0.29, 0.717) is 10.8 Å². The summed E-state index contributed by atoms with van der Waals surface area (Å²) >= 11 is 6.03. The first-order chi connectivity index (χ1) is 10.0. The molecule has 0 aliphatic rings. The number of nitrogens with two attached hydrogens (primary N) is 1. The van der Waals surface area contributed by atoms with E-state index < -0.39 is 0 Å². The lowest BCUT2D eigenvalue weighted by molar-refractivity contribution is 0.892. The smallest absolute Gasteiger partial charge is 0.127 e. The molecular formula is C17H16ClN3. The number of nitrogens with zero attached hydrogens (tertiary/aromatic N) is 2. The van der Waals surface area contributed by atoms with Crippen molar-refractivity contribution < 1.29 is 0 Å². The molecule has 2 N–H and O–H groups in total. The van der Waals surface area contributed by atoms with E-state index in [9.17, 15) is 0 Å². The van der Waals surface area contributed by atoms with Gasteiger partial charge in [-0.3, -0.25) is 0 Å². The summed E-state index contributed by atoms with van der Waals surface area (Å²) < 4.78 is 1.76. The predicted octanol–water partition coefficient (Wildman–Crippen LogP) is 4.39.